The van der Waals surface area contributed by atoms with Crippen LogP contribution in [0.1, 0.15) is 22.3 Å². The van der Waals surface area contributed by atoms with Crippen LogP contribution in [0.2, 0.25) is 0 Å². The number of thiophene rings is 1. The first kappa shape index (κ1) is 34.8. The molecule has 3 nitrogen and oxygen atoms in total. The standard InChI is InChI=1S/C59H36N2OS/c1-2-16-38(17-3-1)61-52-25-9-5-19-43(52)47-34-39(29-32-53(47)61)60(41-28-31-45-44-20-6-11-27-56(44)63-57(45)36-41)40-30-33-55-51(35-40)59(49-23-8-10-26-54(49)62-55)48-22-7-4-18-42(48)46-21-12-14-37-15-13-24-50(59)58(37)46/h1-36H. The molecule has 1 spiro atoms. The highest BCUT2D eigenvalue weighted by Gasteiger charge is 2.49. The highest BCUT2D eigenvalue weighted by Crippen LogP contribution is 2.62. The van der Waals surface area contributed by atoms with Gasteiger partial charge in [0, 0.05) is 64.8 Å². The maximum atomic E-state index is 6.97. The third-order valence-corrected chi connectivity index (χ3v) is 14.7. The lowest BCUT2D eigenvalue weighted by Crippen LogP contribution is -2.36. The summed E-state index contributed by atoms with van der Waals surface area (Å²) in [6, 6.07) is 80.3. The normalized spacial score (nSPS) is 14.9. The molecule has 2 aromatic heterocycles. The van der Waals surface area contributed by atoms with Crippen LogP contribution in [0.5, 0.6) is 11.5 Å². The van der Waals surface area contributed by atoms with Crippen LogP contribution in [0.3, 0.4) is 0 Å². The van der Waals surface area contributed by atoms with Gasteiger partial charge in [-0.3, -0.25) is 0 Å². The highest BCUT2D eigenvalue weighted by molar-refractivity contribution is 7.25. The molecule has 63 heavy (non-hydrogen) atoms. The molecule has 0 saturated heterocycles. The molecule has 1 atom stereocenters. The number of nitrogens with zero attached hydrogens (tertiary/aromatic N) is 2. The van der Waals surface area contributed by atoms with Crippen LogP contribution in [0.15, 0.2) is 218 Å². The van der Waals surface area contributed by atoms with Gasteiger partial charge in [0.25, 0.3) is 0 Å². The number of fused-ring (bicyclic) bond motifs is 14. The second-order valence-corrected chi connectivity index (χ2v) is 17.9. The fraction of sp³-hybridized carbons (Fsp3) is 0.0169. The van der Waals surface area contributed by atoms with Crippen LogP contribution >= 0.6 is 11.3 Å². The van der Waals surface area contributed by atoms with E-state index in [1.54, 1.807) is 0 Å². The Morgan fingerprint density at radius 3 is 1.95 bits per heavy atom. The molecule has 0 bridgehead atoms. The molecule has 2 aliphatic rings. The molecule has 1 aliphatic carbocycles. The van der Waals surface area contributed by atoms with E-state index in [1.807, 2.05) is 11.3 Å². The highest BCUT2D eigenvalue weighted by atomic mass is 32.1. The molecule has 0 saturated carbocycles. The zero-order valence-corrected chi connectivity index (χ0v) is 34.8. The maximum Gasteiger partial charge on any atom is 0.132 e. The fourth-order valence-corrected chi connectivity index (χ4v) is 12.2. The molecule has 3 heterocycles. The molecule has 1 aliphatic heterocycles. The van der Waals surface area contributed by atoms with Crippen molar-refractivity contribution in [2.24, 2.45) is 0 Å². The van der Waals surface area contributed by atoms with E-state index in [-0.39, 0.29) is 0 Å². The van der Waals surface area contributed by atoms with Crippen molar-refractivity contribution in [1.82, 2.24) is 4.57 Å². The van der Waals surface area contributed by atoms with Gasteiger partial charge in [0.2, 0.25) is 0 Å². The second-order valence-electron chi connectivity index (χ2n) is 16.8. The summed E-state index contributed by atoms with van der Waals surface area (Å²) in [6.07, 6.45) is 0. The van der Waals surface area contributed by atoms with Crippen LogP contribution in [-0.2, 0) is 5.41 Å². The van der Waals surface area contributed by atoms with Crippen molar-refractivity contribution in [3.8, 4) is 28.3 Å². The van der Waals surface area contributed by atoms with Gasteiger partial charge in [-0.25, -0.2) is 0 Å². The van der Waals surface area contributed by atoms with Gasteiger partial charge in [-0.05, 0) is 112 Å². The van der Waals surface area contributed by atoms with Gasteiger partial charge >= 0.3 is 0 Å². The topological polar surface area (TPSA) is 17.4 Å². The quantitative estimate of drug-likeness (QED) is 0.176. The zero-order valence-electron chi connectivity index (χ0n) is 34.0. The number of anilines is 3. The molecular weight excluding hydrogens is 785 g/mol. The average molecular weight is 821 g/mol. The Hall–Kier alpha value is -7.92. The summed E-state index contributed by atoms with van der Waals surface area (Å²) in [5.41, 5.74) is 13.4. The summed E-state index contributed by atoms with van der Waals surface area (Å²) in [5.74, 6) is 1.75. The third kappa shape index (κ3) is 4.79. The van der Waals surface area contributed by atoms with Gasteiger partial charge in [0.1, 0.15) is 11.5 Å². The van der Waals surface area contributed by atoms with E-state index < -0.39 is 5.41 Å². The first-order valence-electron chi connectivity index (χ1n) is 21.6. The van der Waals surface area contributed by atoms with E-state index >= 15 is 0 Å². The van der Waals surface area contributed by atoms with Crippen LogP contribution in [0.4, 0.5) is 17.1 Å². The van der Waals surface area contributed by atoms with E-state index in [1.165, 1.54) is 75.0 Å². The molecule has 0 amide bonds. The van der Waals surface area contributed by atoms with Gasteiger partial charge in [-0.1, -0.05) is 140 Å². The van der Waals surface area contributed by atoms with E-state index in [0.717, 1.165) is 45.4 Å². The van der Waals surface area contributed by atoms with E-state index in [2.05, 4.69) is 228 Å². The second kappa shape index (κ2) is 13.0. The number of aromatic nitrogens is 1. The van der Waals surface area contributed by atoms with Crippen molar-refractivity contribution in [1.29, 1.82) is 0 Å². The monoisotopic (exact) mass is 820 g/mol. The van der Waals surface area contributed by atoms with Crippen LogP contribution in [0, 0.1) is 0 Å². The lowest BCUT2D eigenvalue weighted by molar-refractivity contribution is 0.435. The Bertz CT molecular complexity index is 3860. The third-order valence-electron chi connectivity index (χ3n) is 13.6. The molecular formula is C59H36N2OS. The van der Waals surface area contributed by atoms with Crippen molar-refractivity contribution >= 4 is 81.1 Å². The molecule has 10 aromatic carbocycles. The number of rotatable bonds is 4. The summed E-state index contributed by atoms with van der Waals surface area (Å²) < 4.78 is 11.9. The van der Waals surface area contributed by atoms with Crippen molar-refractivity contribution in [2.75, 3.05) is 4.90 Å². The molecule has 14 rings (SSSR count). The lowest BCUT2D eigenvalue weighted by atomic mass is 9.58. The summed E-state index contributed by atoms with van der Waals surface area (Å²) in [6.45, 7) is 0. The maximum absolute atomic E-state index is 6.97. The lowest BCUT2D eigenvalue weighted by Gasteiger charge is -2.45. The van der Waals surface area contributed by atoms with Crippen LogP contribution < -0.4 is 9.64 Å². The van der Waals surface area contributed by atoms with Gasteiger partial charge in [0.05, 0.1) is 16.4 Å². The Morgan fingerprint density at radius 1 is 0.397 bits per heavy atom. The first-order valence-corrected chi connectivity index (χ1v) is 22.4. The SMILES string of the molecule is c1ccc(-n2c3ccccc3c3cc(N(c4ccc5c(c4)C4(c6ccccc6O5)c5ccccc5-c5cccc6cccc4c56)c4ccc5c(c4)sc4ccccc45)ccc32)cc1. The Kier molecular flexibility index (Phi) is 7.20. The largest absolute Gasteiger partial charge is 0.457 e. The molecule has 4 heteroatoms. The summed E-state index contributed by atoms with van der Waals surface area (Å²) in [7, 11) is 0. The minimum absolute atomic E-state index is 0.654. The molecule has 0 fully saturated rings. The van der Waals surface area contributed by atoms with Gasteiger partial charge in [-0.15, -0.1) is 11.3 Å². The average Bonchev–Trinajstić information content (AvgIpc) is 3.88. The summed E-state index contributed by atoms with van der Waals surface area (Å²) in [4.78, 5) is 2.45. The number of ether oxygens (including phenoxy) is 1. The van der Waals surface area contributed by atoms with E-state index in [0.29, 0.717) is 0 Å². The van der Waals surface area contributed by atoms with Crippen molar-refractivity contribution in [3.63, 3.8) is 0 Å². The molecule has 1 unspecified atom stereocenters. The first-order chi connectivity index (χ1) is 31.2. The van der Waals surface area contributed by atoms with Crippen molar-refractivity contribution in [2.45, 2.75) is 5.41 Å². The Labute approximate surface area is 367 Å². The Balaban J connectivity index is 1.07. The Morgan fingerprint density at radius 2 is 1.03 bits per heavy atom. The van der Waals surface area contributed by atoms with Crippen LogP contribution in [-0.4, -0.2) is 4.57 Å². The van der Waals surface area contributed by atoms with Gasteiger partial charge < -0.3 is 14.2 Å². The summed E-state index contributed by atoms with van der Waals surface area (Å²) in [5, 5.41) is 7.53. The molecule has 12 aromatic rings. The van der Waals surface area contributed by atoms with Crippen LogP contribution in [0.25, 0.3) is 69.6 Å². The summed E-state index contributed by atoms with van der Waals surface area (Å²) >= 11 is 1.85. The zero-order chi connectivity index (χ0) is 41.2. The predicted molar refractivity (Wildman–Crippen MR) is 263 cm³/mol. The van der Waals surface area contributed by atoms with Gasteiger partial charge in [0.15, 0.2) is 0 Å². The number of hydrogen-bond acceptors (Lipinski definition) is 3. The molecule has 0 radical (unpaired) electrons. The van der Waals surface area contributed by atoms with E-state index in [4.69, 9.17) is 4.74 Å². The van der Waals surface area contributed by atoms with E-state index in [9.17, 15) is 0 Å². The minimum Gasteiger partial charge on any atom is -0.457 e. The van der Waals surface area contributed by atoms with Crippen molar-refractivity contribution in [3.05, 3.63) is 241 Å². The number of hydrogen-bond donors (Lipinski definition) is 0. The van der Waals surface area contributed by atoms with Gasteiger partial charge in [-0.2, -0.15) is 0 Å². The number of benzene rings is 10. The predicted octanol–water partition coefficient (Wildman–Crippen LogP) is 16.2. The van der Waals surface area contributed by atoms with Crippen molar-refractivity contribution < 1.29 is 4.74 Å². The smallest absolute Gasteiger partial charge is 0.132 e. The number of para-hydroxylation sites is 3. The minimum atomic E-state index is -0.654. The molecule has 0 N–H and O–H groups in total. The molecule has 294 valence electrons. The fourth-order valence-electron chi connectivity index (χ4n) is 11.1.